The fourth-order valence-electron chi connectivity index (χ4n) is 1.62. The third-order valence-electron chi connectivity index (χ3n) is 2.63. The maximum Gasteiger partial charge on any atom is 0.161 e. The molecule has 15 heavy (non-hydrogen) atoms. The van der Waals surface area contributed by atoms with Gasteiger partial charge in [0, 0.05) is 13.2 Å². The van der Waals surface area contributed by atoms with Gasteiger partial charge in [-0.3, -0.25) is 4.98 Å². The summed E-state index contributed by atoms with van der Waals surface area (Å²) >= 11 is 0. The smallest absolute Gasteiger partial charge is 0.161 e. The summed E-state index contributed by atoms with van der Waals surface area (Å²) in [6.07, 6.45) is 6.48. The Hall–Kier alpha value is -1.25. The topological polar surface area (TPSA) is 34.1 Å². The van der Waals surface area contributed by atoms with Crippen LogP contribution in [0.3, 0.4) is 0 Å². The molecule has 0 unspecified atom stereocenters. The van der Waals surface area contributed by atoms with Gasteiger partial charge in [0.1, 0.15) is 0 Å². The number of hydrogen-bond acceptors (Lipinski definition) is 3. The number of rotatable bonds is 4. The summed E-state index contributed by atoms with van der Waals surface area (Å²) in [4.78, 5) is 4.23. The molecule has 0 atom stereocenters. The van der Waals surface area contributed by atoms with Crippen LogP contribution in [0.1, 0.15) is 38.2 Å². The Balaban J connectivity index is 2.30. The fourth-order valence-corrected chi connectivity index (χ4v) is 1.62. The molecule has 0 aliphatic heterocycles. The molecule has 1 aromatic rings. The van der Waals surface area contributed by atoms with Crippen LogP contribution in [0, 0.1) is 0 Å². The van der Waals surface area contributed by atoms with Gasteiger partial charge in [0.2, 0.25) is 0 Å². The Morgan fingerprint density at radius 1 is 1.40 bits per heavy atom. The normalized spacial score (nSPS) is 15.5. The predicted octanol–water partition coefficient (Wildman–Crippen LogP) is 2.79. The van der Waals surface area contributed by atoms with Crippen molar-refractivity contribution in [3.63, 3.8) is 0 Å². The monoisotopic (exact) mass is 206 g/mol. The van der Waals surface area contributed by atoms with E-state index in [0.717, 1.165) is 11.4 Å². The highest BCUT2D eigenvalue weighted by Gasteiger charge is 2.25. The molecule has 0 radical (unpaired) electrons. The van der Waals surface area contributed by atoms with E-state index in [-0.39, 0.29) is 0 Å². The predicted molar refractivity (Wildman–Crippen MR) is 61.5 cm³/mol. The molecule has 0 saturated heterocycles. The van der Waals surface area contributed by atoms with Crippen molar-refractivity contribution in [3.05, 3.63) is 18.0 Å². The van der Waals surface area contributed by atoms with E-state index < -0.39 is 0 Å². The van der Waals surface area contributed by atoms with Crippen molar-refractivity contribution in [1.82, 2.24) is 4.98 Å². The number of nitrogens with zero attached hydrogens (tertiary/aromatic N) is 1. The maximum absolute atomic E-state index is 5.81. The molecule has 0 spiro atoms. The van der Waals surface area contributed by atoms with E-state index in [1.807, 2.05) is 13.2 Å². The number of hydrogen-bond donors (Lipinski definition) is 1. The zero-order valence-electron chi connectivity index (χ0n) is 9.58. The highest BCUT2D eigenvalue weighted by Crippen LogP contribution is 2.35. The van der Waals surface area contributed by atoms with Gasteiger partial charge in [0.15, 0.2) is 5.75 Å². The minimum Gasteiger partial charge on any atom is -0.487 e. The molecule has 1 N–H and O–H groups in total. The minimum atomic E-state index is 0.418. The Labute approximate surface area is 90.9 Å². The standard InChI is InChI=1S/C12H18N2O/c1-8(2)10-6-14-7-11(12(10)13-3)15-9-4-5-9/h6-9H,4-5H2,1-3H3,(H,13,14). The molecule has 1 saturated carbocycles. The first-order valence-corrected chi connectivity index (χ1v) is 5.54. The highest BCUT2D eigenvalue weighted by molar-refractivity contribution is 5.61. The largest absolute Gasteiger partial charge is 0.487 e. The molecular formula is C12H18N2O. The zero-order valence-corrected chi connectivity index (χ0v) is 9.58. The first-order chi connectivity index (χ1) is 7.22. The Kier molecular flexibility index (Phi) is 2.80. The third-order valence-corrected chi connectivity index (χ3v) is 2.63. The first kappa shape index (κ1) is 10.3. The van der Waals surface area contributed by atoms with E-state index >= 15 is 0 Å². The van der Waals surface area contributed by atoms with Crippen molar-refractivity contribution in [2.24, 2.45) is 0 Å². The van der Waals surface area contributed by atoms with Crippen molar-refractivity contribution in [2.75, 3.05) is 12.4 Å². The molecule has 0 aromatic carbocycles. The second kappa shape index (κ2) is 4.09. The summed E-state index contributed by atoms with van der Waals surface area (Å²) in [6, 6.07) is 0. The van der Waals surface area contributed by atoms with Crippen molar-refractivity contribution < 1.29 is 4.74 Å². The molecule has 1 heterocycles. The molecule has 2 rings (SSSR count). The number of ether oxygens (including phenoxy) is 1. The number of anilines is 1. The van der Waals surface area contributed by atoms with Gasteiger partial charge < -0.3 is 10.1 Å². The molecule has 1 aliphatic rings. The van der Waals surface area contributed by atoms with Crippen LogP contribution in [-0.4, -0.2) is 18.1 Å². The molecule has 82 valence electrons. The van der Waals surface area contributed by atoms with Gasteiger partial charge in [-0.05, 0) is 24.3 Å². The summed E-state index contributed by atoms with van der Waals surface area (Å²) in [6.45, 7) is 4.33. The van der Waals surface area contributed by atoms with E-state index in [2.05, 4.69) is 24.1 Å². The van der Waals surface area contributed by atoms with Crippen LogP contribution >= 0.6 is 0 Å². The van der Waals surface area contributed by atoms with Gasteiger partial charge in [-0.25, -0.2) is 0 Å². The fraction of sp³-hybridized carbons (Fsp3) is 0.583. The van der Waals surface area contributed by atoms with E-state index in [0.29, 0.717) is 12.0 Å². The molecule has 1 aromatic heterocycles. The average molecular weight is 206 g/mol. The number of aromatic nitrogens is 1. The number of nitrogens with one attached hydrogen (secondary N) is 1. The van der Waals surface area contributed by atoms with Crippen LogP contribution in [0.4, 0.5) is 5.69 Å². The summed E-state index contributed by atoms with van der Waals surface area (Å²) < 4.78 is 5.81. The van der Waals surface area contributed by atoms with Crippen LogP contribution < -0.4 is 10.1 Å². The van der Waals surface area contributed by atoms with Crippen molar-refractivity contribution in [1.29, 1.82) is 0 Å². The van der Waals surface area contributed by atoms with Gasteiger partial charge in [-0.2, -0.15) is 0 Å². The van der Waals surface area contributed by atoms with Crippen LogP contribution in [0.15, 0.2) is 12.4 Å². The van der Waals surface area contributed by atoms with Gasteiger partial charge in [-0.15, -0.1) is 0 Å². The molecule has 3 heteroatoms. The van der Waals surface area contributed by atoms with Gasteiger partial charge >= 0.3 is 0 Å². The molecule has 0 bridgehead atoms. The summed E-state index contributed by atoms with van der Waals surface area (Å²) in [7, 11) is 1.93. The third kappa shape index (κ3) is 2.22. The lowest BCUT2D eigenvalue weighted by molar-refractivity contribution is 0.303. The Morgan fingerprint density at radius 2 is 2.13 bits per heavy atom. The Morgan fingerprint density at radius 3 is 2.67 bits per heavy atom. The SMILES string of the molecule is CNc1c(OC2CC2)cncc1C(C)C. The zero-order chi connectivity index (χ0) is 10.8. The quantitative estimate of drug-likeness (QED) is 0.822. The minimum absolute atomic E-state index is 0.418. The summed E-state index contributed by atoms with van der Waals surface area (Å²) in [5, 5.41) is 3.21. The van der Waals surface area contributed by atoms with Crippen LogP contribution in [-0.2, 0) is 0 Å². The molecule has 1 aliphatic carbocycles. The number of pyridine rings is 1. The summed E-state index contributed by atoms with van der Waals surface area (Å²) in [5.74, 6) is 1.36. The summed E-state index contributed by atoms with van der Waals surface area (Å²) in [5.41, 5.74) is 2.31. The lowest BCUT2D eigenvalue weighted by Crippen LogP contribution is -2.04. The lowest BCUT2D eigenvalue weighted by Gasteiger charge is -2.16. The van der Waals surface area contributed by atoms with Gasteiger partial charge in [0.05, 0.1) is 18.0 Å². The first-order valence-electron chi connectivity index (χ1n) is 5.54. The van der Waals surface area contributed by atoms with Gasteiger partial charge in [-0.1, -0.05) is 13.8 Å². The van der Waals surface area contributed by atoms with E-state index in [1.54, 1.807) is 6.20 Å². The second-order valence-electron chi connectivity index (χ2n) is 4.32. The molecule has 0 amide bonds. The molecule has 1 fully saturated rings. The van der Waals surface area contributed by atoms with Crippen molar-refractivity contribution >= 4 is 5.69 Å². The molecule has 3 nitrogen and oxygen atoms in total. The average Bonchev–Trinajstić information content (AvgIpc) is 3.01. The van der Waals surface area contributed by atoms with Crippen molar-refractivity contribution in [3.8, 4) is 5.75 Å². The highest BCUT2D eigenvalue weighted by atomic mass is 16.5. The Bertz CT molecular complexity index is 345. The van der Waals surface area contributed by atoms with E-state index in [4.69, 9.17) is 4.74 Å². The maximum atomic E-state index is 5.81. The lowest BCUT2D eigenvalue weighted by atomic mass is 10.0. The second-order valence-corrected chi connectivity index (χ2v) is 4.32. The van der Waals surface area contributed by atoms with E-state index in [9.17, 15) is 0 Å². The van der Waals surface area contributed by atoms with Crippen LogP contribution in [0.2, 0.25) is 0 Å². The van der Waals surface area contributed by atoms with Crippen LogP contribution in [0.5, 0.6) is 5.75 Å². The molecular weight excluding hydrogens is 188 g/mol. The van der Waals surface area contributed by atoms with Crippen LogP contribution in [0.25, 0.3) is 0 Å². The van der Waals surface area contributed by atoms with Crippen molar-refractivity contribution in [2.45, 2.75) is 38.7 Å². The van der Waals surface area contributed by atoms with Gasteiger partial charge in [0.25, 0.3) is 0 Å². The van der Waals surface area contributed by atoms with E-state index in [1.165, 1.54) is 18.4 Å².